The molecular formula is C27H29N5O3S2. The Morgan fingerprint density at radius 1 is 1.14 bits per heavy atom. The van der Waals surface area contributed by atoms with Gasteiger partial charge in [0.2, 0.25) is 5.91 Å². The lowest BCUT2D eigenvalue weighted by atomic mass is 10.0. The molecule has 1 saturated heterocycles. The molecule has 0 saturated carbocycles. The maximum atomic E-state index is 13.4. The first-order valence-corrected chi connectivity index (χ1v) is 14.2. The number of hydrogen-bond donors (Lipinski definition) is 1. The van der Waals surface area contributed by atoms with E-state index in [0.717, 1.165) is 50.0 Å². The molecule has 1 N–H and O–H groups in total. The fourth-order valence-electron chi connectivity index (χ4n) is 4.61. The van der Waals surface area contributed by atoms with E-state index in [9.17, 15) is 9.59 Å². The Bertz CT molecular complexity index is 1320. The fraction of sp³-hybridized carbons (Fsp3) is 0.333. The van der Waals surface area contributed by atoms with Crippen molar-refractivity contribution in [3.05, 3.63) is 64.2 Å². The Morgan fingerprint density at radius 2 is 2.00 bits per heavy atom. The normalized spacial score (nSPS) is 16.0. The third-order valence-corrected chi connectivity index (χ3v) is 8.24. The summed E-state index contributed by atoms with van der Waals surface area (Å²) in [5.41, 5.74) is 2.36. The van der Waals surface area contributed by atoms with Gasteiger partial charge in [0.25, 0.3) is 5.91 Å². The van der Waals surface area contributed by atoms with Crippen LogP contribution in [0, 0.1) is 0 Å². The Hall–Kier alpha value is -3.34. The van der Waals surface area contributed by atoms with Gasteiger partial charge in [0.15, 0.2) is 10.9 Å². The molecule has 1 aromatic carbocycles. The minimum absolute atomic E-state index is 0.0673. The predicted octanol–water partition coefficient (Wildman–Crippen LogP) is 5.16. The lowest BCUT2D eigenvalue weighted by Crippen LogP contribution is -2.49. The minimum atomic E-state index is -0.100. The summed E-state index contributed by atoms with van der Waals surface area (Å²) in [6.45, 7) is 2.15. The van der Waals surface area contributed by atoms with Crippen molar-refractivity contribution in [3.8, 4) is 22.7 Å². The summed E-state index contributed by atoms with van der Waals surface area (Å²) in [6.07, 6.45) is 3.76. The Kier molecular flexibility index (Phi) is 8.08. The SMILES string of the molecule is CNC(=O)[C@@H]1CCCCN1CCCN(C(=O)c1cccs1)c1nc(-c2cc(-c3ccccc3)no2)cs1. The summed E-state index contributed by atoms with van der Waals surface area (Å²) in [7, 11) is 1.69. The van der Waals surface area contributed by atoms with E-state index in [1.54, 1.807) is 11.9 Å². The highest BCUT2D eigenvalue weighted by Crippen LogP contribution is 2.31. The summed E-state index contributed by atoms with van der Waals surface area (Å²) in [6, 6.07) is 15.3. The standard InChI is InChI=1S/C27H29N5O3S2/c1-28-25(33)22-11-5-6-13-31(22)14-8-15-32(26(34)24-12-7-16-36-24)27-29-21(18-37-27)23-17-20(30-35-23)19-9-3-2-4-10-19/h2-4,7,9-10,12,16-18,22H,5-6,8,11,13-15H2,1H3,(H,28,33)/t22-/m0/s1. The van der Waals surface area contributed by atoms with Gasteiger partial charge in [-0.05, 0) is 37.3 Å². The summed E-state index contributed by atoms with van der Waals surface area (Å²) in [4.78, 5) is 35.2. The molecule has 4 aromatic rings. The highest BCUT2D eigenvalue weighted by Gasteiger charge is 2.28. The van der Waals surface area contributed by atoms with Crippen LogP contribution in [0.4, 0.5) is 5.13 Å². The maximum Gasteiger partial charge on any atom is 0.270 e. The summed E-state index contributed by atoms with van der Waals surface area (Å²) in [5, 5.41) is 11.4. The van der Waals surface area contributed by atoms with Crippen LogP contribution in [0.2, 0.25) is 0 Å². The van der Waals surface area contributed by atoms with Crippen LogP contribution in [0.15, 0.2) is 63.8 Å². The summed E-state index contributed by atoms with van der Waals surface area (Å²) in [5.74, 6) is 0.560. The number of likely N-dealkylation sites (N-methyl/N-ethyl adjacent to an activating group) is 1. The number of aromatic nitrogens is 2. The van der Waals surface area contributed by atoms with Crippen LogP contribution in [0.25, 0.3) is 22.7 Å². The van der Waals surface area contributed by atoms with Gasteiger partial charge in [-0.25, -0.2) is 4.98 Å². The molecule has 4 heterocycles. The third kappa shape index (κ3) is 5.82. The smallest absolute Gasteiger partial charge is 0.270 e. The molecule has 1 fully saturated rings. The van der Waals surface area contributed by atoms with Crippen molar-refractivity contribution in [1.82, 2.24) is 20.4 Å². The molecule has 0 unspecified atom stereocenters. The molecule has 0 radical (unpaired) electrons. The average molecular weight is 536 g/mol. The third-order valence-electron chi connectivity index (χ3n) is 6.52. The van der Waals surface area contributed by atoms with Gasteiger partial charge in [-0.1, -0.05) is 48.0 Å². The highest BCUT2D eigenvalue weighted by atomic mass is 32.1. The van der Waals surface area contributed by atoms with E-state index in [4.69, 9.17) is 9.51 Å². The van der Waals surface area contributed by atoms with Crippen LogP contribution in [0.1, 0.15) is 35.4 Å². The number of thiazole rings is 1. The topological polar surface area (TPSA) is 91.6 Å². The second kappa shape index (κ2) is 11.8. The van der Waals surface area contributed by atoms with E-state index in [0.29, 0.717) is 28.0 Å². The van der Waals surface area contributed by atoms with Crippen LogP contribution >= 0.6 is 22.7 Å². The van der Waals surface area contributed by atoms with Crippen molar-refractivity contribution in [2.24, 2.45) is 0 Å². The van der Waals surface area contributed by atoms with Gasteiger partial charge < -0.3 is 9.84 Å². The molecule has 2 amide bonds. The van der Waals surface area contributed by atoms with Crippen molar-refractivity contribution in [2.45, 2.75) is 31.7 Å². The first-order valence-electron chi connectivity index (χ1n) is 12.4. The molecule has 37 heavy (non-hydrogen) atoms. The van der Waals surface area contributed by atoms with Gasteiger partial charge >= 0.3 is 0 Å². The van der Waals surface area contributed by atoms with Crippen molar-refractivity contribution in [1.29, 1.82) is 0 Å². The Morgan fingerprint density at radius 3 is 2.78 bits per heavy atom. The molecule has 0 aliphatic carbocycles. The highest BCUT2D eigenvalue weighted by molar-refractivity contribution is 7.14. The van der Waals surface area contributed by atoms with E-state index in [1.807, 2.05) is 59.3 Å². The number of thiophene rings is 1. The zero-order valence-corrected chi connectivity index (χ0v) is 22.3. The number of likely N-dealkylation sites (tertiary alicyclic amines) is 1. The molecule has 0 spiro atoms. The van der Waals surface area contributed by atoms with Gasteiger partial charge in [-0.15, -0.1) is 22.7 Å². The van der Waals surface area contributed by atoms with Crippen LogP contribution in [-0.2, 0) is 4.79 Å². The zero-order valence-electron chi connectivity index (χ0n) is 20.6. The molecule has 5 rings (SSSR count). The van der Waals surface area contributed by atoms with E-state index < -0.39 is 0 Å². The molecule has 1 atom stereocenters. The number of carbonyl (C=O) groups is 2. The first-order chi connectivity index (χ1) is 18.1. The summed E-state index contributed by atoms with van der Waals surface area (Å²) < 4.78 is 5.58. The largest absolute Gasteiger partial charge is 0.358 e. The Labute approximate surface area is 223 Å². The van der Waals surface area contributed by atoms with E-state index in [1.165, 1.54) is 22.7 Å². The van der Waals surface area contributed by atoms with E-state index in [-0.39, 0.29) is 17.9 Å². The van der Waals surface area contributed by atoms with E-state index >= 15 is 0 Å². The lowest BCUT2D eigenvalue weighted by Gasteiger charge is -2.34. The number of hydrogen-bond acceptors (Lipinski definition) is 8. The lowest BCUT2D eigenvalue weighted by molar-refractivity contribution is -0.127. The first kappa shape index (κ1) is 25.3. The average Bonchev–Trinajstić information content (AvgIpc) is 3.73. The van der Waals surface area contributed by atoms with Crippen LogP contribution in [-0.4, -0.2) is 59.6 Å². The quantitative estimate of drug-likeness (QED) is 0.318. The van der Waals surface area contributed by atoms with Gasteiger partial charge in [-0.3, -0.25) is 19.4 Å². The number of rotatable bonds is 9. The number of amides is 2. The molecule has 1 aliphatic rings. The van der Waals surface area contributed by atoms with Gasteiger partial charge in [0, 0.05) is 37.1 Å². The van der Waals surface area contributed by atoms with Crippen molar-refractivity contribution < 1.29 is 14.1 Å². The van der Waals surface area contributed by atoms with Gasteiger partial charge in [-0.2, -0.15) is 0 Å². The molecule has 1 aliphatic heterocycles. The molecule has 8 nitrogen and oxygen atoms in total. The number of anilines is 1. The predicted molar refractivity (Wildman–Crippen MR) is 147 cm³/mol. The maximum absolute atomic E-state index is 13.4. The van der Waals surface area contributed by atoms with Crippen molar-refractivity contribution in [2.75, 3.05) is 31.6 Å². The second-order valence-corrected chi connectivity index (χ2v) is 10.7. The zero-order chi connectivity index (χ0) is 25.6. The number of nitrogens with one attached hydrogen (secondary N) is 1. The molecule has 192 valence electrons. The number of nitrogens with zero attached hydrogens (tertiary/aromatic N) is 4. The van der Waals surface area contributed by atoms with Gasteiger partial charge in [0.05, 0.1) is 10.9 Å². The molecule has 10 heteroatoms. The van der Waals surface area contributed by atoms with Crippen LogP contribution < -0.4 is 10.2 Å². The number of piperidine rings is 1. The van der Waals surface area contributed by atoms with Crippen LogP contribution in [0.3, 0.4) is 0 Å². The molecule has 3 aromatic heterocycles. The van der Waals surface area contributed by atoms with Crippen molar-refractivity contribution >= 4 is 39.6 Å². The summed E-state index contributed by atoms with van der Waals surface area (Å²) >= 11 is 2.83. The number of benzene rings is 1. The fourth-order valence-corrected chi connectivity index (χ4v) is 6.12. The second-order valence-electron chi connectivity index (χ2n) is 8.91. The van der Waals surface area contributed by atoms with E-state index in [2.05, 4.69) is 15.4 Å². The van der Waals surface area contributed by atoms with Gasteiger partial charge in [0.1, 0.15) is 11.4 Å². The van der Waals surface area contributed by atoms with Crippen LogP contribution in [0.5, 0.6) is 0 Å². The Balaban J connectivity index is 1.32. The molecular weight excluding hydrogens is 506 g/mol. The monoisotopic (exact) mass is 535 g/mol. The minimum Gasteiger partial charge on any atom is -0.358 e. The molecule has 0 bridgehead atoms. The van der Waals surface area contributed by atoms with Crippen molar-refractivity contribution in [3.63, 3.8) is 0 Å². The number of carbonyl (C=O) groups excluding carboxylic acids is 2.